The maximum absolute atomic E-state index is 10.8. The summed E-state index contributed by atoms with van der Waals surface area (Å²) < 4.78 is 0. The molecule has 0 bridgehead atoms. The molecule has 0 aromatic heterocycles. The van der Waals surface area contributed by atoms with Gasteiger partial charge in [-0.25, -0.2) is 0 Å². The van der Waals surface area contributed by atoms with Crippen LogP contribution in [0.3, 0.4) is 0 Å². The number of guanidine groups is 1. The molecule has 1 saturated heterocycles. The molecule has 0 aliphatic carbocycles. The van der Waals surface area contributed by atoms with E-state index in [2.05, 4.69) is 27.4 Å². The van der Waals surface area contributed by atoms with Crippen molar-refractivity contribution in [2.24, 2.45) is 4.99 Å². The molecule has 1 aliphatic heterocycles. The van der Waals surface area contributed by atoms with Crippen molar-refractivity contribution >= 4 is 11.6 Å². The van der Waals surface area contributed by atoms with E-state index in [-0.39, 0.29) is 10.6 Å². The predicted molar refractivity (Wildman–Crippen MR) is 91.6 cm³/mol. The monoisotopic (exact) mass is 319 g/mol. The predicted octanol–water partition coefficient (Wildman–Crippen LogP) is 1.74. The van der Waals surface area contributed by atoms with Crippen LogP contribution in [0, 0.1) is 10.1 Å². The normalized spacial score (nSPS) is 18.9. The highest BCUT2D eigenvalue weighted by molar-refractivity contribution is 5.79. The van der Waals surface area contributed by atoms with Gasteiger partial charge in [-0.2, -0.15) is 0 Å². The van der Waals surface area contributed by atoms with Gasteiger partial charge in [-0.3, -0.25) is 20.0 Å². The van der Waals surface area contributed by atoms with Crippen LogP contribution in [0.25, 0.3) is 0 Å². The fraction of sp³-hybridized carbons (Fsp3) is 0.562. The van der Waals surface area contributed by atoms with E-state index < -0.39 is 0 Å². The summed E-state index contributed by atoms with van der Waals surface area (Å²) in [7, 11) is 1.73. The lowest BCUT2D eigenvalue weighted by Gasteiger charge is -2.24. The first kappa shape index (κ1) is 17.2. The third kappa shape index (κ3) is 4.92. The third-order valence-corrected chi connectivity index (χ3v) is 4.22. The molecule has 23 heavy (non-hydrogen) atoms. The van der Waals surface area contributed by atoms with Crippen molar-refractivity contribution in [3.63, 3.8) is 0 Å². The summed E-state index contributed by atoms with van der Waals surface area (Å²) in [6, 6.07) is 7.19. The Morgan fingerprint density at radius 2 is 2.30 bits per heavy atom. The summed E-state index contributed by atoms with van der Waals surface area (Å²) in [5.74, 6) is 0.722. The number of nitrogens with one attached hydrogen (secondary N) is 2. The number of benzene rings is 1. The van der Waals surface area contributed by atoms with E-state index >= 15 is 0 Å². The molecule has 1 fully saturated rings. The van der Waals surface area contributed by atoms with Crippen molar-refractivity contribution in [1.82, 2.24) is 15.5 Å². The van der Waals surface area contributed by atoms with Gasteiger partial charge in [0.2, 0.25) is 0 Å². The van der Waals surface area contributed by atoms with E-state index in [1.54, 1.807) is 19.2 Å². The van der Waals surface area contributed by atoms with Crippen molar-refractivity contribution in [3.8, 4) is 0 Å². The zero-order valence-corrected chi connectivity index (χ0v) is 13.8. The minimum atomic E-state index is -0.379. The maximum Gasteiger partial charge on any atom is 0.269 e. The molecule has 1 aromatic rings. The molecule has 1 aromatic carbocycles. The number of hydrogen-bond acceptors (Lipinski definition) is 4. The van der Waals surface area contributed by atoms with Crippen LogP contribution in [0.2, 0.25) is 0 Å². The van der Waals surface area contributed by atoms with Gasteiger partial charge in [-0.1, -0.05) is 19.1 Å². The van der Waals surface area contributed by atoms with Crippen molar-refractivity contribution in [2.75, 3.05) is 26.7 Å². The van der Waals surface area contributed by atoms with Crippen LogP contribution >= 0.6 is 0 Å². The minimum absolute atomic E-state index is 0.108. The number of non-ortho nitro benzene ring substituents is 1. The first-order chi connectivity index (χ1) is 11.1. The largest absolute Gasteiger partial charge is 0.355 e. The third-order valence-electron chi connectivity index (χ3n) is 4.22. The van der Waals surface area contributed by atoms with Gasteiger partial charge in [-0.15, -0.1) is 0 Å². The second-order valence-corrected chi connectivity index (χ2v) is 5.66. The Hall–Kier alpha value is -2.15. The van der Waals surface area contributed by atoms with Gasteiger partial charge in [0.05, 0.1) is 4.92 Å². The zero-order chi connectivity index (χ0) is 16.7. The Kier molecular flexibility index (Phi) is 6.34. The second-order valence-electron chi connectivity index (χ2n) is 5.66. The smallest absolute Gasteiger partial charge is 0.269 e. The molecular weight excluding hydrogens is 294 g/mol. The van der Waals surface area contributed by atoms with Gasteiger partial charge in [0.25, 0.3) is 5.69 Å². The van der Waals surface area contributed by atoms with Crippen LogP contribution in [0.15, 0.2) is 29.3 Å². The van der Waals surface area contributed by atoms with Crippen molar-refractivity contribution in [1.29, 1.82) is 0 Å². The Morgan fingerprint density at radius 1 is 1.48 bits per heavy atom. The van der Waals surface area contributed by atoms with Crippen LogP contribution in [0.1, 0.15) is 25.3 Å². The van der Waals surface area contributed by atoms with Crippen LogP contribution in [-0.2, 0) is 6.54 Å². The molecular formula is C16H25N5O2. The fourth-order valence-electron chi connectivity index (χ4n) is 2.94. The van der Waals surface area contributed by atoms with Gasteiger partial charge >= 0.3 is 0 Å². The Balaban J connectivity index is 1.83. The van der Waals surface area contributed by atoms with E-state index in [1.165, 1.54) is 25.5 Å². The SMILES string of the molecule is CCN1CCCC1CNC(=NC)NCc1cccc([N+](=O)[O-])c1. The molecule has 2 rings (SSSR count). The lowest BCUT2D eigenvalue weighted by Crippen LogP contribution is -2.44. The van der Waals surface area contributed by atoms with Crippen LogP contribution in [-0.4, -0.2) is 48.5 Å². The zero-order valence-electron chi connectivity index (χ0n) is 13.8. The number of nitrogens with zero attached hydrogens (tertiary/aromatic N) is 3. The van der Waals surface area contributed by atoms with Crippen LogP contribution in [0.5, 0.6) is 0 Å². The fourth-order valence-corrected chi connectivity index (χ4v) is 2.94. The topological polar surface area (TPSA) is 82.8 Å². The molecule has 0 saturated carbocycles. The Morgan fingerprint density at radius 3 is 3.00 bits per heavy atom. The number of hydrogen-bond donors (Lipinski definition) is 2. The molecule has 0 radical (unpaired) electrons. The minimum Gasteiger partial charge on any atom is -0.355 e. The van der Waals surface area contributed by atoms with Gasteiger partial charge in [-0.05, 0) is 31.5 Å². The molecule has 1 unspecified atom stereocenters. The lowest BCUT2D eigenvalue weighted by molar-refractivity contribution is -0.384. The van der Waals surface area contributed by atoms with E-state index in [9.17, 15) is 10.1 Å². The average molecular weight is 319 g/mol. The molecule has 0 spiro atoms. The number of aliphatic imine (C=N–C) groups is 1. The first-order valence-electron chi connectivity index (χ1n) is 8.06. The highest BCUT2D eigenvalue weighted by Gasteiger charge is 2.22. The molecule has 7 nitrogen and oxygen atoms in total. The number of nitro benzene ring substituents is 1. The second kappa shape index (κ2) is 8.47. The molecule has 1 heterocycles. The number of rotatable bonds is 6. The Bertz CT molecular complexity index is 561. The molecule has 1 atom stereocenters. The van der Waals surface area contributed by atoms with Gasteiger partial charge in [0, 0.05) is 38.3 Å². The van der Waals surface area contributed by atoms with E-state index in [4.69, 9.17) is 0 Å². The first-order valence-corrected chi connectivity index (χ1v) is 8.06. The lowest BCUT2D eigenvalue weighted by atomic mass is 10.2. The molecule has 1 aliphatic rings. The maximum atomic E-state index is 10.8. The number of likely N-dealkylation sites (N-methyl/N-ethyl adjacent to an activating group) is 1. The van der Waals surface area contributed by atoms with E-state index in [1.807, 2.05) is 6.07 Å². The van der Waals surface area contributed by atoms with Crippen molar-refractivity contribution in [3.05, 3.63) is 39.9 Å². The summed E-state index contributed by atoms with van der Waals surface area (Å²) in [6.07, 6.45) is 2.46. The quantitative estimate of drug-likeness (QED) is 0.361. The van der Waals surface area contributed by atoms with Gasteiger partial charge in [0.1, 0.15) is 0 Å². The van der Waals surface area contributed by atoms with E-state index in [0.717, 1.165) is 24.6 Å². The molecule has 7 heteroatoms. The summed E-state index contributed by atoms with van der Waals surface area (Å²) >= 11 is 0. The van der Waals surface area contributed by atoms with E-state index in [0.29, 0.717) is 12.6 Å². The average Bonchev–Trinajstić information content (AvgIpc) is 3.02. The van der Waals surface area contributed by atoms with Crippen molar-refractivity contribution in [2.45, 2.75) is 32.4 Å². The summed E-state index contributed by atoms with van der Waals surface area (Å²) in [5, 5.41) is 17.4. The van der Waals surface area contributed by atoms with Crippen LogP contribution in [0.4, 0.5) is 5.69 Å². The van der Waals surface area contributed by atoms with Crippen LogP contribution < -0.4 is 10.6 Å². The summed E-state index contributed by atoms with van der Waals surface area (Å²) in [5.41, 5.74) is 0.968. The van der Waals surface area contributed by atoms with Crippen molar-refractivity contribution < 1.29 is 4.92 Å². The standard InChI is InChI=1S/C16H25N5O2/c1-3-20-9-5-8-15(20)12-19-16(17-2)18-11-13-6-4-7-14(10-13)21(22)23/h4,6-7,10,15H,3,5,8-9,11-12H2,1-2H3,(H2,17,18,19). The summed E-state index contributed by atoms with van der Waals surface area (Å²) in [6.45, 7) is 5.80. The number of nitro groups is 1. The van der Waals surface area contributed by atoms with Gasteiger partial charge in [0.15, 0.2) is 5.96 Å². The van der Waals surface area contributed by atoms with Gasteiger partial charge < -0.3 is 10.6 Å². The highest BCUT2D eigenvalue weighted by atomic mass is 16.6. The molecule has 2 N–H and O–H groups in total. The highest BCUT2D eigenvalue weighted by Crippen LogP contribution is 2.15. The molecule has 126 valence electrons. The number of likely N-dealkylation sites (tertiary alicyclic amines) is 1. The molecule has 0 amide bonds. The summed E-state index contributed by atoms with van der Waals surface area (Å²) in [4.78, 5) is 17.1. The Labute approximate surface area is 136 Å².